The van der Waals surface area contributed by atoms with Crippen LogP contribution in [0.4, 0.5) is 5.95 Å². The van der Waals surface area contributed by atoms with E-state index in [1.165, 1.54) is 5.56 Å². The minimum absolute atomic E-state index is 0.694. The Balaban J connectivity index is 2.99. The van der Waals surface area contributed by atoms with Gasteiger partial charge < -0.3 is 5.32 Å². The molecule has 1 aromatic rings. The fourth-order valence-corrected chi connectivity index (χ4v) is 0.960. The molecule has 0 bridgehead atoms. The Bertz CT molecular complexity index is 245. The van der Waals surface area contributed by atoms with Gasteiger partial charge in [-0.25, -0.2) is 9.97 Å². The van der Waals surface area contributed by atoms with Crippen LogP contribution in [-0.2, 0) is 6.42 Å². The SMILES string of the molecule is CCc1cnc(NC)nc1C. The molecule has 1 N–H and O–H groups in total. The normalized spacial score (nSPS) is 9.73. The van der Waals surface area contributed by atoms with Crippen molar-refractivity contribution in [3.63, 3.8) is 0 Å². The van der Waals surface area contributed by atoms with Gasteiger partial charge in [-0.15, -0.1) is 0 Å². The molecule has 0 amide bonds. The lowest BCUT2D eigenvalue weighted by Crippen LogP contribution is -2.00. The monoisotopic (exact) mass is 151 g/mol. The fraction of sp³-hybridized carbons (Fsp3) is 0.500. The van der Waals surface area contributed by atoms with Gasteiger partial charge in [0.1, 0.15) is 0 Å². The average Bonchev–Trinajstić information content (AvgIpc) is 2.04. The van der Waals surface area contributed by atoms with Crippen molar-refractivity contribution in [3.05, 3.63) is 17.5 Å². The van der Waals surface area contributed by atoms with Gasteiger partial charge in [0, 0.05) is 18.9 Å². The lowest BCUT2D eigenvalue weighted by atomic mass is 10.2. The first-order valence-corrected chi connectivity index (χ1v) is 3.78. The molecule has 0 aliphatic carbocycles. The van der Waals surface area contributed by atoms with Crippen molar-refractivity contribution in [2.75, 3.05) is 12.4 Å². The molecule has 0 atom stereocenters. The van der Waals surface area contributed by atoms with E-state index in [1.54, 1.807) is 0 Å². The highest BCUT2D eigenvalue weighted by Crippen LogP contribution is 2.06. The van der Waals surface area contributed by atoms with Crippen LogP contribution in [0, 0.1) is 6.92 Å². The minimum atomic E-state index is 0.694. The van der Waals surface area contributed by atoms with E-state index >= 15 is 0 Å². The van der Waals surface area contributed by atoms with E-state index < -0.39 is 0 Å². The number of rotatable bonds is 2. The van der Waals surface area contributed by atoms with Crippen LogP contribution in [0.5, 0.6) is 0 Å². The van der Waals surface area contributed by atoms with Crippen molar-refractivity contribution in [2.24, 2.45) is 0 Å². The second-order valence-corrected chi connectivity index (χ2v) is 2.41. The van der Waals surface area contributed by atoms with E-state index in [4.69, 9.17) is 0 Å². The second kappa shape index (κ2) is 3.32. The van der Waals surface area contributed by atoms with E-state index in [0.29, 0.717) is 5.95 Å². The van der Waals surface area contributed by atoms with Gasteiger partial charge in [0.15, 0.2) is 0 Å². The molecule has 0 aliphatic rings. The van der Waals surface area contributed by atoms with Gasteiger partial charge in [-0.1, -0.05) is 6.92 Å². The topological polar surface area (TPSA) is 37.8 Å². The summed E-state index contributed by atoms with van der Waals surface area (Å²) in [6, 6.07) is 0. The minimum Gasteiger partial charge on any atom is -0.357 e. The fourth-order valence-electron chi connectivity index (χ4n) is 0.960. The van der Waals surface area contributed by atoms with Crippen LogP contribution in [0.2, 0.25) is 0 Å². The number of nitrogens with zero attached hydrogens (tertiary/aromatic N) is 2. The number of aryl methyl sites for hydroxylation is 2. The third-order valence-electron chi connectivity index (χ3n) is 1.69. The van der Waals surface area contributed by atoms with Crippen LogP contribution in [0.25, 0.3) is 0 Å². The molecule has 1 heterocycles. The highest BCUT2D eigenvalue weighted by molar-refractivity contribution is 5.27. The zero-order chi connectivity index (χ0) is 8.27. The molecule has 0 radical (unpaired) electrons. The molecule has 0 saturated carbocycles. The summed E-state index contributed by atoms with van der Waals surface area (Å²) in [5.74, 6) is 0.694. The molecule has 1 aromatic heterocycles. The van der Waals surface area contributed by atoms with Gasteiger partial charge in [0.25, 0.3) is 0 Å². The molecule has 60 valence electrons. The van der Waals surface area contributed by atoms with Gasteiger partial charge >= 0.3 is 0 Å². The Morgan fingerprint density at radius 3 is 2.73 bits per heavy atom. The molecule has 0 aromatic carbocycles. The van der Waals surface area contributed by atoms with Crippen molar-refractivity contribution < 1.29 is 0 Å². The highest BCUT2D eigenvalue weighted by Gasteiger charge is 1.98. The number of hydrogen-bond acceptors (Lipinski definition) is 3. The van der Waals surface area contributed by atoms with Crippen molar-refractivity contribution in [1.29, 1.82) is 0 Å². The van der Waals surface area contributed by atoms with Crippen LogP contribution in [0.15, 0.2) is 6.20 Å². The van der Waals surface area contributed by atoms with Crippen molar-refractivity contribution in [1.82, 2.24) is 9.97 Å². The maximum atomic E-state index is 4.24. The van der Waals surface area contributed by atoms with Gasteiger partial charge in [-0.3, -0.25) is 0 Å². The molecule has 0 saturated heterocycles. The zero-order valence-electron chi connectivity index (χ0n) is 7.18. The summed E-state index contributed by atoms with van der Waals surface area (Å²) in [6.07, 6.45) is 2.87. The largest absolute Gasteiger partial charge is 0.357 e. The summed E-state index contributed by atoms with van der Waals surface area (Å²) in [5, 5.41) is 2.90. The predicted octanol–water partition coefficient (Wildman–Crippen LogP) is 1.39. The Hall–Kier alpha value is -1.12. The molecule has 3 heteroatoms. The number of aromatic nitrogens is 2. The molecule has 0 spiro atoms. The van der Waals surface area contributed by atoms with Crippen molar-refractivity contribution in [2.45, 2.75) is 20.3 Å². The Labute approximate surface area is 66.9 Å². The Kier molecular flexibility index (Phi) is 2.41. The Morgan fingerprint density at radius 2 is 2.27 bits per heavy atom. The van der Waals surface area contributed by atoms with Gasteiger partial charge in [-0.2, -0.15) is 0 Å². The lowest BCUT2D eigenvalue weighted by Gasteiger charge is -2.02. The van der Waals surface area contributed by atoms with Crippen LogP contribution in [0.1, 0.15) is 18.2 Å². The molecular formula is C8H13N3. The first kappa shape index (κ1) is 7.98. The zero-order valence-corrected chi connectivity index (χ0v) is 7.18. The Morgan fingerprint density at radius 1 is 1.55 bits per heavy atom. The number of hydrogen-bond donors (Lipinski definition) is 1. The molecule has 3 nitrogen and oxygen atoms in total. The predicted molar refractivity (Wildman–Crippen MR) is 45.7 cm³/mol. The van der Waals surface area contributed by atoms with E-state index in [0.717, 1.165) is 12.1 Å². The molecular weight excluding hydrogens is 138 g/mol. The summed E-state index contributed by atoms with van der Waals surface area (Å²) in [5.41, 5.74) is 2.27. The summed E-state index contributed by atoms with van der Waals surface area (Å²) in [4.78, 5) is 8.35. The van der Waals surface area contributed by atoms with E-state index in [9.17, 15) is 0 Å². The standard InChI is InChI=1S/C8H13N3/c1-4-7-5-10-8(9-3)11-6(7)2/h5H,4H2,1-3H3,(H,9,10,11). The molecule has 0 fully saturated rings. The third-order valence-corrected chi connectivity index (χ3v) is 1.69. The van der Waals surface area contributed by atoms with Crippen LogP contribution >= 0.6 is 0 Å². The maximum absolute atomic E-state index is 4.24. The van der Waals surface area contributed by atoms with Crippen LogP contribution in [0.3, 0.4) is 0 Å². The molecule has 0 aliphatic heterocycles. The van der Waals surface area contributed by atoms with E-state index in [2.05, 4.69) is 22.2 Å². The van der Waals surface area contributed by atoms with Crippen molar-refractivity contribution >= 4 is 5.95 Å². The first-order chi connectivity index (χ1) is 5.27. The van der Waals surface area contributed by atoms with Gasteiger partial charge in [-0.05, 0) is 18.9 Å². The summed E-state index contributed by atoms with van der Waals surface area (Å²) in [6.45, 7) is 4.10. The van der Waals surface area contributed by atoms with Crippen LogP contribution in [-0.4, -0.2) is 17.0 Å². The first-order valence-electron chi connectivity index (χ1n) is 3.78. The molecule has 11 heavy (non-hydrogen) atoms. The highest BCUT2D eigenvalue weighted by atomic mass is 15.1. The second-order valence-electron chi connectivity index (χ2n) is 2.41. The van der Waals surface area contributed by atoms with Gasteiger partial charge in [0.2, 0.25) is 5.95 Å². The quantitative estimate of drug-likeness (QED) is 0.694. The summed E-state index contributed by atoms with van der Waals surface area (Å²) in [7, 11) is 1.82. The number of anilines is 1. The maximum Gasteiger partial charge on any atom is 0.222 e. The smallest absolute Gasteiger partial charge is 0.222 e. The molecule has 0 unspecified atom stereocenters. The van der Waals surface area contributed by atoms with Gasteiger partial charge in [0.05, 0.1) is 0 Å². The molecule has 1 rings (SSSR count). The van der Waals surface area contributed by atoms with E-state index in [1.807, 2.05) is 20.2 Å². The average molecular weight is 151 g/mol. The summed E-state index contributed by atoms with van der Waals surface area (Å²) >= 11 is 0. The van der Waals surface area contributed by atoms with Crippen molar-refractivity contribution in [3.8, 4) is 0 Å². The number of nitrogens with one attached hydrogen (secondary N) is 1. The lowest BCUT2D eigenvalue weighted by molar-refractivity contribution is 0.996. The third kappa shape index (κ3) is 1.67. The van der Waals surface area contributed by atoms with E-state index in [-0.39, 0.29) is 0 Å². The summed E-state index contributed by atoms with van der Waals surface area (Å²) < 4.78 is 0. The van der Waals surface area contributed by atoms with Crippen LogP contribution < -0.4 is 5.32 Å².